The topological polar surface area (TPSA) is 23.0 Å². The fourth-order valence-electron chi connectivity index (χ4n) is 8.28. The Morgan fingerprint density at radius 3 is 1.84 bits per heavy atom. The molecule has 8 aromatic carbocycles. The van der Waals surface area contributed by atoms with Crippen LogP contribution in [0, 0.1) is 0 Å². The molecule has 0 aliphatic carbocycles. The van der Waals surface area contributed by atoms with Gasteiger partial charge in [-0.3, -0.25) is 0 Å². The van der Waals surface area contributed by atoms with Gasteiger partial charge in [0.05, 0.1) is 22.1 Å². The van der Waals surface area contributed by atoms with Crippen molar-refractivity contribution in [1.82, 2.24) is 9.13 Å². The summed E-state index contributed by atoms with van der Waals surface area (Å²) in [5.74, 6) is 0. The first-order valence-corrected chi connectivity index (χ1v) is 17.4. The lowest BCUT2D eigenvalue weighted by atomic mass is 10.0. The van der Waals surface area contributed by atoms with Gasteiger partial charge in [0, 0.05) is 49.3 Å². The van der Waals surface area contributed by atoms with Crippen molar-refractivity contribution in [1.29, 1.82) is 0 Å². The molecule has 0 radical (unpaired) electrons. The zero-order valence-corrected chi connectivity index (χ0v) is 27.6. The molecule has 51 heavy (non-hydrogen) atoms. The van der Waals surface area contributed by atoms with E-state index in [2.05, 4.69) is 179 Å². The average molecular weight is 651 g/mol. The minimum Gasteiger partial charge on any atom is -0.455 e. The van der Waals surface area contributed by atoms with Gasteiger partial charge in [0.2, 0.25) is 0 Å². The van der Waals surface area contributed by atoms with Crippen molar-refractivity contribution in [3.63, 3.8) is 0 Å². The highest BCUT2D eigenvalue weighted by molar-refractivity contribution is 6.26. The van der Waals surface area contributed by atoms with Crippen molar-refractivity contribution in [3.8, 4) is 33.6 Å². The van der Waals surface area contributed by atoms with E-state index in [-0.39, 0.29) is 0 Å². The second-order valence-electron chi connectivity index (χ2n) is 13.3. The van der Waals surface area contributed by atoms with E-state index in [0.717, 1.165) is 44.4 Å². The van der Waals surface area contributed by atoms with Gasteiger partial charge < -0.3 is 13.6 Å². The van der Waals surface area contributed by atoms with Crippen LogP contribution in [0.2, 0.25) is 0 Å². The Hall–Kier alpha value is -6.84. The zero-order chi connectivity index (χ0) is 33.5. The molecule has 0 bridgehead atoms. The molecule has 0 atom stereocenters. The fourth-order valence-corrected chi connectivity index (χ4v) is 8.28. The lowest BCUT2D eigenvalue weighted by Crippen LogP contribution is -1.96. The van der Waals surface area contributed by atoms with Crippen LogP contribution < -0.4 is 0 Å². The maximum atomic E-state index is 6.46. The SMILES string of the molecule is c1ccc(-c2ccc(-n3c4ccccc4c4ccc5c(c6ccccc6n5-c5cccc(-c6cccc7c6oc6ccccc67)c5)c43)cc2)cc1. The molecular weight excluding hydrogens is 621 g/mol. The number of benzene rings is 8. The van der Waals surface area contributed by atoms with Crippen molar-refractivity contribution in [2.24, 2.45) is 0 Å². The number of hydrogen-bond donors (Lipinski definition) is 0. The molecule has 11 aromatic rings. The first kappa shape index (κ1) is 28.0. The van der Waals surface area contributed by atoms with Gasteiger partial charge in [-0.25, -0.2) is 0 Å². The molecule has 3 nitrogen and oxygen atoms in total. The van der Waals surface area contributed by atoms with Gasteiger partial charge in [-0.1, -0.05) is 133 Å². The highest BCUT2D eigenvalue weighted by Gasteiger charge is 2.21. The summed E-state index contributed by atoms with van der Waals surface area (Å²) in [5.41, 5.74) is 13.5. The van der Waals surface area contributed by atoms with Crippen molar-refractivity contribution in [3.05, 3.63) is 182 Å². The maximum absolute atomic E-state index is 6.46. The standard InChI is InChI=1S/C48H30N2O/c1-2-12-31(13-3-1)32-24-26-34(27-25-32)50-42-21-7-4-16-37(42)39-28-29-44-46(47(39)50)41-18-5-8-22-43(41)49(44)35-15-10-14-33(30-35)36-19-11-20-40-38-17-6-9-23-45(38)51-48(36)40/h1-30H. The third-order valence-corrected chi connectivity index (χ3v) is 10.5. The molecule has 238 valence electrons. The van der Waals surface area contributed by atoms with Crippen LogP contribution in [0.5, 0.6) is 0 Å². The minimum atomic E-state index is 0.910. The van der Waals surface area contributed by atoms with Gasteiger partial charge in [-0.15, -0.1) is 0 Å². The van der Waals surface area contributed by atoms with Crippen LogP contribution in [0.15, 0.2) is 186 Å². The molecule has 0 saturated heterocycles. The van der Waals surface area contributed by atoms with Crippen LogP contribution >= 0.6 is 0 Å². The zero-order valence-electron chi connectivity index (χ0n) is 27.6. The Bertz CT molecular complexity index is 3120. The second kappa shape index (κ2) is 10.8. The summed E-state index contributed by atoms with van der Waals surface area (Å²) < 4.78 is 11.3. The van der Waals surface area contributed by atoms with Crippen molar-refractivity contribution < 1.29 is 4.42 Å². The maximum Gasteiger partial charge on any atom is 0.143 e. The molecule has 3 aromatic heterocycles. The van der Waals surface area contributed by atoms with Crippen molar-refractivity contribution >= 4 is 65.6 Å². The average Bonchev–Trinajstić information content (AvgIpc) is 3.86. The van der Waals surface area contributed by atoms with Gasteiger partial charge in [0.15, 0.2) is 0 Å². The Kier molecular flexibility index (Phi) is 5.96. The summed E-state index contributed by atoms with van der Waals surface area (Å²) in [7, 11) is 0. The van der Waals surface area contributed by atoms with E-state index < -0.39 is 0 Å². The molecule has 0 amide bonds. The summed E-state index contributed by atoms with van der Waals surface area (Å²) in [6, 6.07) is 65.4. The van der Waals surface area contributed by atoms with Crippen LogP contribution in [0.3, 0.4) is 0 Å². The van der Waals surface area contributed by atoms with E-state index in [4.69, 9.17) is 4.42 Å². The second-order valence-corrected chi connectivity index (χ2v) is 13.3. The molecule has 0 unspecified atom stereocenters. The van der Waals surface area contributed by atoms with Crippen molar-refractivity contribution in [2.75, 3.05) is 0 Å². The molecule has 0 saturated carbocycles. The molecular formula is C48H30N2O. The monoisotopic (exact) mass is 650 g/mol. The van der Waals surface area contributed by atoms with E-state index in [0.29, 0.717) is 0 Å². The molecule has 0 N–H and O–H groups in total. The van der Waals surface area contributed by atoms with Crippen LogP contribution in [0.4, 0.5) is 0 Å². The first-order valence-electron chi connectivity index (χ1n) is 17.4. The van der Waals surface area contributed by atoms with Crippen LogP contribution in [0.25, 0.3) is 99.2 Å². The lowest BCUT2D eigenvalue weighted by Gasteiger charge is -2.12. The number of para-hydroxylation sites is 4. The third-order valence-electron chi connectivity index (χ3n) is 10.5. The minimum absolute atomic E-state index is 0.910. The predicted octanol–water partition coefficient (Wildman–Crippen LogP) is 13.1. The Balaban J connectivity index is 1.17. The Labute approximate surface area is 293 Å². The van der Waals surface area contributed by atoms with E-state index in [1.165, 1.54) is 54.7 Å². The number of aromatic nitrogens is 2. The van der Waals surface area contributed by atoms with E-state index in [9.17, 15) is 0 Å². The smallest absolute Gasteiger partial charge is 0.143 e. The predicted molar refractivity (Wildman–Crippen MR) is 213 cm³/mol. The summed E-state index contributed by atoms with van der Waals surface area (Å²) in [5, 5.41) is 7.25. The van der Waals surface area contributed by atoms with E-state index >= 15 is 0 Å². The van der Waals surface area contributed by atoms with Crippen molar-refractivity contribution in [2.45, 2.75) is 0 Å². The normalized spacial score (nSPS) is 11.9. The lowest BCUT2D eigenvalue weighted by molar-refractivity contribution is 0.670. The molecule has 0 spiro atoms. The highest BCUT2D eigenvalue weighted by Crippen LogP contribution is 2.43. The van der Waals surface area contributed by atoms with Crippen LogP contribution in [-0.4, -0.2) is 9.13 Å². The molecule has 0 aliphatic rings. The van der Waals surface area contributed by atoms with Gasteiger partial charge >= 0.3 is 0 Å². The fraction of sp³-hybridized carbons (Fsp3) is 0. The highest BCUT2D eigenvalue weighted by atomic mass is 16.3. The summed E-state index contributed by atoms with van der Waals surface area (Å²) >= 11 is 0. The molecule has 0 fully saturated rings. The Morgan fingerprint density at radius 1 is 0.353 bits per heavy atom. The van der Waals surface area contributed by atoms with Gasteiger partial charge in [0.1, 0.15) is 11.2 Å². The Morgan fingerprint density at radius 2 is 1.00 bits per heavy atom. The van der Waals surface area contributed by atoms with Gasteiger partial charge in [0.25, 0.3) is 0 Å². The number of nitrogens with zero attached hydrogens (tertiary/aromatic N) is 2. The van der Waals surface area contributed by atoms with Crippen LogP contribution in [0.1, 0.15) is 0 Å². The first-order chi connectivity index (χ1) is 25.3. The molecule has 3 heterocycles. The number of hydrogen-bond acceptors (Lipinski definition) is 1. The summed E-state index contributed by atoms with van der Waals surface area (Å²) in [6.07, 6.45) is 0. The van der Waals surface area contributed by atoms with E-state index in [1.807, 2.05) is 12.1 Å². The molecule has 0 aliphatic heterocycles. The van der Waals surface area contributed by atoms with Gasteiger partial charge in [-0.2, -0.15) is 0 Å². The summed E-state index contributed by atoms with van der Waals surface area (Å²) in [6.45, 7) is 0. The largest absolute Gasteiger partial charge is 0.455 e. The number of rotatable bonds is 4. The third kappa shape index (κ3) is 4.12. The number of fused-ring (bicyclic) bond motifs is 10. The van der Waals surface area contributed by atoms with Gasteiger partial charge in [-0.05, 0) is 65.2 Å². The quantitative estimate of drug-likeness (QED) is 0.186. The number of furan rings is 1. The summed E-state index contributed by atoms with van der Waals surface area (Å²) in [4.78, 5) is 0. The van der Waals surface area contributed by atoms with E-state index in [1.54, 1.807) is 0 Å². The van der Waals surface area contributed by atoms with Crippen LogP contribution in [-0.2, 0) is 0 Å². The molecule has 11 rings (SSSR count). The molecule has 3 heteroatoms.